The van der Waals surface area contributed by atoms with Gasteiger partial charge in [0.15, 0.2) is 5.75 Å². The van der Waals surface area contributed by atoms with Gasteiger partial charge < -0.3 is 4.74 Å². The van der Waals surface area contributed by atoms with Gasteiger partial charge in [0.2, 0.25) is 5.52 Å². The van der Waals surface area contributed by atoms with Crippen LogP contribution in [0.25, 0.3) is 32.9 Å². The quantitative estimate of drug-likeness (QED) is 0.247. The Kier molecular flexibility index (Phi) is 3.76. The monoisotopic (exact) mass is 398 g/mol. The first kappa shape index (κ1) is 18.4. The van der Waals surface area contributed by atoms with Gasteiger partial charge in [-0.15, -0.1) is 0 Å². The van der Waals surface area contributed by atoms with Crippen molar-refractivity contribution in [2.75, 3.05) is 0 Å². The van der Waals surface area contributed by atoms with Crippen LogP contribution >= 0.6 is 0 Å². The van der Waals surface area contributed by atoms with Gasteiger partial charge in [-0.3, -0.25) is 0 Å². The number of nitrogens with zero attached hydrogens (tertiary/aromatic N) is 1. The van der Waals surface area contributed by atoms with E-state index in [2.05, 4.69) is 94.5 Å². The predicted octanol–water partition coefficient (Wildman–Crippen LogP) is 6.06. The van der Waals surface area contributed by atoms with E-state index >= 15 is 0 Å². The molecule has 29 heavy (non-hydrogen) atoms. The topological polar surface area (TPSA) is 13.1 Å². The molecule has 0 N–H and O–H groups in total. The highest BCUT2D eigenvalue weighted by molar-refractivity contribution is 6.88. The van der Waals surface area contributed by atoms with Gasteiger partial charge in [0.05, 0.1) is 13.6 Å². The molecule has 4 aromatic rings. The summed E-state index contributed by atoms with van der Waals surface area (Å²) in [6.45, 7) is 13.8. The first-order valence-corrected chi connectivity index (χ1v) is 13.9. The number of aromatic nitrogens is 1. The number of hydrogen-bond acceptors (Lipinski definition) is 1. The van der Waals surface area contributed by atoms with Gasteiger partial charge in [0, 0.05) is 22.9 Å². The van der Waals surface area contributed by atoms with Crippen molar-refractivity contribution < 1.29 is 9.30 Å². The van der Waals surface area contributed by atoms with Crippen molar-refractivity contribution in [3.63, 3.8) is 0 Å². The average Bonchev–Trinajstić information content (AvgIpc) is 2.63. The summed E-state index contributed by atoms with van der Waals surface area (Å²) in [6, 6.07) is 16.0. The highest BCUT2D eigenvalue weighted by Gasteiger charge is 2.32. The Labute approximate surface area is 173 Å². The first-order chi connectivity index (χ1) is 13.6. The number of ether oxygens (including phenoxy) is 1. The summed E-state index contributed by atoms with van der Waals surface area (Å²) in [6.07, 6.45) is 0. The Hall–Kier alpha value is -2.65. The lowest BCUT2D eigenvalue weighted by Gasteiger charge is -2.23. The van der Waals surface area contributed by atoms with Gasteiger partial charge in [0.25, 0.3) is 5.69 Å². The fraction of sp³-hybridized carbons (Fsp3) is 0.269. The lowest BCUT2D eigenvalue weighted by molar-refractivity contribution is -0.633. The van der Waals surface area contributed by atoms with E-state index in [0.29, 0.717) is 0 Å². The zero-order valence-corrected chi connectivity index (χ0v) is 19.4. The van der Waals surface area contributed by atoms with Crippen LogP contribution in [0.5, 0.6) is 11.5 Å². The molecule has 2 nitrogen and oxygen atoms in total. The van der Waals surface area contributed by atoms with E-state index in [1.807, 2.05) is 0 Å². The van der Waals surface area contributed by atoms with Crippen molar-refractivity contribution in [1.29, 1.82) is 0 Å². The van der Waals surface area contributed by atoms with Crippen LogP contribution in [-0.2, 0) is 7.05 Å². The normalized spacial score (nSPS) is 12.9. The summed E-state index contributed by atoms with van der Waals surface area (Å²) in [5, 5.41) is 5.23. The van der Waals surface area contributed by atoms with Crippen LogP contribution < -0.4 is 14.5 Å². The largest absolute Gasteiger partial charge is 0.450 e. The Bertz CT molecular complexity index is 1350. The van der Waals surface area contributed by atoms with Crippen LogP contribution in [0.1, 0.15) is 16.7 Å². The lowest BCUT2D eigenvalue weighted by Crippen LogP contribution is -2.39. The number of rotatable bonds is 1. The van der Waals surface area contributed by atoms with E-state index in [1.165, 1.54) is 54.8 Å². The van der Waals surface area contributed by atoms with Crippen LogP contribution in [0, 0.1) is 20.8 Å². The molecule has 1 aliphatic heterocycles. The molecule has 0 atom stereocenters. The molecule has 0 aliphatic carbocycles. The van der Waals surface area contributed by atoms with Crippen molar-refractivity contribution in [2.24, 2.45) is 7.05 Å². The number of fused-ring (bicyclic) bond motifs is 3. The summed E-state index contributed by atoms with van der Waals surface area (Å²) >= 11 is 0. The second-order valence-corrected chi connectivity index (χ2v) is 14.7. The van der Waals surface area contributed by atoms with Gasteiger partial charge in [-0.05, 0) is 55.0 Å². The molecule has 2 heterocycles. The van der Waals surface area contributed by atoms with E-state index in [1.54, 1.807) is 0 Å². The Balaban J connectivity index is 1.91. The third-order valence-corrected chi connectivity index (χ3v) is 8.48. The molecule has 0 bridgehead atoms. The molecule has 1 aromatic heterocycles. The van der Waals surface area contributed by atoms with Crippen LogP contribution in [0.3, 0.4) is 0 Å². The molecule has 3 aromatic carbocycles. The molecular formula is C26H28NOSi+. The van der Waals surface area contributed by atoms with Crippen LogP contribution in [0.4, 0.5) is 0 Å². The number of aryl methyl sites for hydroxylation is 3. The maximum Gasteiger partial charge on any atom is 0.256 e. The summed E-state index contributed by atoms with van der Waals surface area (Å²) < 4.78 is 8.85. The average molecular weight is 399 g/mol. The highest BCUT2D eigenvalue weighted by atomic mass is 28.3. The minimum absolute atomic E-state index is 0.959. The second-order valence-electron chi connectivity index (χ2n) is 9.60. The molecule has 3 heteroatoms. The number of pyridine rings is 1. The summed E-state index contributed by atoms with van der Waals surface area (Å²) in [5.41, 5.74) is 7.64. The zero-order valence-electron chi connectivity index (χ0n) is 18.4. The molecule has 5 rings (SSSR count). The van der Waals surface area contributed by atoms with Crippen molar-refractivity contribution >= 4 is 34.9 Å². The summed E-state index contributed by atoms with van der Waals surface area (Å²) in [5.74, 6) is 1.94. The fourth-order valence-electron chi connectivity index (χ4n) is 4.69. The van der Waals surface area contributed by atoms with Gasteiger partial charge >= 0.3 is 0 Å². The molecule has 1 aliphatic rings. The third-order valence-electron chi connectivity index (χ3n) is 6.43. The lowest BCUT2D eigenvalue weighted by atomic mass is 9.89. The van der Waals surface area contributed by atoms with Gasteiger partial charge in [-0.25, -0.2) is 0 Å². The van der Waals surface area contributed by atoms with Crippen molar-refractivity contribution in [2.45, 2.75) is 40.4 Å². The van der Waals surface area contributed by atoms with E-state index < -0.39 is 8.07 Å². The predicted molar refractivity (Wildman–Crippen MR) is 125 cm³/mol. The Morgan fingerprint density at radius 2 is 1.59 bits per heavy atom. The standard InChI is InChI=1S/C26H28NOSi/c1-15-10-19-12-16(2)17(3)24-25(19)22(11-15)28-23-14-18-13-20(29(5,6)7)8-9-21(18)27(4)26(23)24/h8-14H,1-7H3/q+1. The molecule has 0 amide bonds. The highest BCUT2D eigenvalue weighted by Crippen LogP contribution is 2.48. The molecule has 0 spiro atoms. The van der Waals surface area contributed by atoms with E-state index in [9.17, 15) is 0 Å². The summed E-state index contributed by atoms with van der Waals surface area (Å²) in [7, 11) is 0.798. The first-order valence-electron chi connectivity index (χ1n) is 10.4. The van der Waals surface area contributed by atoms with E-state index in [4.69, 9.17) is 4.74 Å². The molecule has 0 saturated carbocycles. The Morgan fingerprint density at radius 3 is 2.31 bits per heavy atom. The minimum Gasteiger partial charge on any atom is -0.450 e. The van der Waals surface area contributed by atoms with E-state index in [0.717, 1.165) is 11.5 Å². The third kappa shape index (κ3) is 2.64. The second kappa shape index (κ2) is 5.93. The number of benzene rings is 3. The molecule has 0 unspecified atom stereocenters. The molecular weight excluding hydrogens is 370 g/mol. The van der Waals surface area contributed by atoms with Crippen molar-refractivity contribution in [1.82, 2.24) is 0 Å². The molecule has 146 valence electrons. The smallest absolute Gasteiger partial charge is 0.256 e. The summed E-state index contributed by atoms with van der Waals surface area (Å²) in [4.78, 5) is 0. The van der Waals surface area contributed by atoms with Crippen LogP contribution in [0.15, 0.2) is 42.5 Å². The SMILES string of the molecule is Cc1cc2c3c(c(C)c(C)cc3c1)-c1c(cc3cc([Si](C)(C)C)ccc3[n+]1C)O2. The van der Waals surface area contributed by atoms with Gasteiger partial charge in [-0.2, -0.15) is 4.57 Å². The van der Waals surface area contributed by atoms with Gasteiger partial charge in [-0.1, -0.05) is 43.0 Å². The van der Waals surface area contributed by atoms with Crippen molar-refractivity contribution in [3.8, 4) is 22.8 Å². The number of hydrogen-bond donors (Lipinski definition) is 0. The molecule has 0 saturated heterocycles. The fourth-order valence-corrected chi connectivity index (χ4v) is 5.86. The van der Waals surface area contributed by atoms with Crippen molar-refractivity contribution in [3.05, 3.63) is 59.2 Å². The van der Waals surface area contributed by atoms with E-state index in [-0.39, 0.29) is 0 Å². The molecule has 0 radical (unpaired) electrons. The Morgan fingerprint density at radius 1 is 0.828 bits per heavy atom. The van der Waals surface area contributed by atoms with Gasteiger partial charge in [0.1, 0.15) is 12.8 Å². The maximum atomic E-state index is 6.53. The minimum atomic E-state index is -1.37. The molecule has 0 fully saturated rings. The zero-order chi connectivity index (χ0) is 20.7. The van der Waals surface area contributed by atoms with Crippen LogP contribution in [-0.4, -0.2) is 8.07 Å². The maximum absolute atomic E-state index is 6.53. The van der Waals surface area contributed by atoms with Crippen LogP contribution in [0.2, 0.25) is 19.6 Å².